The van der Waals surface area contributed by atoms with Gasteiger partial charge in [-0.3, -0.25) is 4.79 Å². The van der Waals surface area contributed by atoms with Gasteiger partial charge in [-0.05, 0) is 17.5 Å². The number of nitrogens with two attached hydrogens (primary N) is 1. The molecule has 1 amide bonds. The standard InChI is InChI=1S/C18H22N2O/c1-2-17(15-11-7-4-8-12-15)20-18(21)16(13-19)14-9-5-3-6-10-14/h3-12,16-17H,2,13,19H2,1H3,(H,20,21). The Hall–Kier alpha value is -2.13. The lowest BCUT2D eigenvalue weighted by Crippen LogP contribution is -2.35. The molecule has 3 nitrogen and oxygen atoms in total. The summed E-state index contributed by atoms with van der Waals surface area (Å²) in [6.45, 7) is 2.37. The van der Waals surface area contributed by atoms with Crippen LogP contribution >= 0.6 is 0 Å². The summed E-state index contributed by atoms with van der Waals surface area (Å²) >= 11 is 0. The molecule has 2 aromatic rings. The van der Waals surface area contributed by atoms with Gasteiger partial charge in [0, 0.05) is 6.54 Å². The van der Waals surface area contributed by atoms with E-state index in [2.05, 4.69) is 12.2 Å². The molecule has 21 heavy (non-hydrogen) atoms. The Morgan fingerprint density at radius 3 is 2.00 bits per heavy atom. The number of carbonyl (C=O) groups excluding carboxylic acids is 1. The molecule has 2 rings (SSSR count). The lowest BCUT2D eigenvalue weighted by atomic mass is 9.97. The van der Waals surface area contributed by atoms with Crippen LogP contribution in [0.3, 0.4) is 0 Å². The Labute approximate surface area is 126 Å². The first kappa shape index (κ1) is 15.3. The molecule has 0 aliphatic heterocycles. The highest BCUT2D eigenvalue weighted by atomic mass is 16.1. The van der Waals surface area contributed by atoms with Crippen molar-refractivity contribution < 1.29 is 4.79 Å². The first-order valence-electron chi connectivity index (χ1n) is 7.36. The molecule has 0 radical (unpaired) electrons. The van der Waals surface area contributed by atoms with E-state index < -0.39 is 0 Å². The van der Waals surface area contributed by atoms with Gasteiger partial charge in [-0.1, -0.05) is 67.6 Å². The van der Waals surface area contributed by atoms with Crippen LogP contribution in [0.25, 0.3) is 0 Å². The van der Waals surface area contributed by atoms with Gasteiger partial charge in [0.2, 0.25) is 5.91 Å². The van der Waals surface area contributed by atoms with Crippen LogP contribution in [0.4, 0.5) is 0 Å². The van der Waals surface area contributed by atoms with Crippen LogP contribution in [0, 0.1) is 0 Å². The average molecular weight is 282 g/mol. The minimum atomic E-state index is -0.302. The van der Waals surface area contributed by atoms with E-state index in [1.165, 1.54) is 0 Å². The molecule has 3 heteroatoms. The minimum absolute atomic E-state index is 0.0144. The van der Waals surface area contributed by atoms with Crippen molar-refractivity contribution in [2.45, 2.75) is 25.3 Å². The zero-order valence-corrected chi connectivity index (χ0v) is 12.3. The second-order valence-electron chi connectivity index (χ2n) is 5.08. The van der Waals surface area contributed by atoms with Gasteiger partial charge < -0.3 is 11.1 Å². The Morgan fingerprint density at radius 2 is 1.52 bits per heavy atom. The third kappa shape index (κ3) is 3.92. The lowest BCUT2D eigenvalue weighted by Gasteiger charge is -2.21. The molecule has 0 fully saturated rings. The van der Waals surface area contributed by atoms with Crippen molar-refractivity contribution in [2.75, 3.05) is 6.54 Å². The van der Waals surface area contributed by atoms with Gasteiger partial charge in [-0.2, -0.15) is 0 Å². The second kappa shape index (κ2) is 7.60. The summed E-state index contributed by atoms with van der Waals surface area (Å²) in [4.78, 5) is 12.5. The quantitative estimate of drug-likeness (QED) is 0.855. The summed E-state index contributed by atoms with van der Waals surface area (Å²) in [6, 6.07) is 19.7. The van der Waals surface area contributed by atoms with Crippen molar-refractivity contribution in [2.24, 2.45) is 5.73 Å². The molecule has 0 heterocycles. The average Bonchev–Trinajstić information content (AvgIpc) is 2.55. The second-order valence-corrected chi connectivity index (χ2v) is 5.08. The molecule has 0 saturated heterocycles. The maximum atomic E-state index is 12.5. The number of nitrogens with one attached hydrogen (secondary N) is 1. The van der Waals surface area contributed by atoms with Gasteiger partial charge in [0.1, 0.15) is 0 Å². The largest absolute Gasteiger partial charge is 0.349 e. The molecule has 0 spiro atoms. The predicted molar refractivity (Wildman–Crippen MR) is 85.9 cm³/mol. The van der Waals surface area contributed by atoms with E-state index in [9.17, 15) is 4.79 Å². The topological polar surface area (TPSA) is 55.1 Å². The predicted octanol–water partition coefficient (Wildman–Crippen LogP) is 3.00. The highest BCUT2D eigenvalue weighted by Crippen LogP contribution is 2.20. The maximum Gasteiger partial charge on any atom is 0.229 e. The monoisotopic (exact) mass is 282 g/mol. The fourth-order valence-electron chi connectivity index (χ4n) is 2.46. The lowest BCUT2D eigenvalue weighted by molar-refractivity contribution is -0.123. The van der Waals surface area contributed by atoms with Crippen LogP contribution in [0.5, 0.6) is 0 Å². The van der Waals surface area contributed by atoms with E-state index >= 15 is 0 Å². The summed E-state index contributed by atoms with van der Waals surface area (Å²) < 4.78 is 0. The Morgan fingerprint density at radius 1 is 1.00 bits per heavy atom. The number of amides is 1. The van der Waals surface area contributed by atoms with E-state index in [0.717, 1.165) is 17.5 Å². The fraction of sp³-hybridized carbons (Fsp3) is 0.278. The normalized spacial score (nSPS) is 13.4. The van der Waals surface area contributed by atoms with Crippen molar-refractivity contribution in [3.05, 3.63) is 71.8 Å². The summed E-state index contributed by atoms with van der Waals surface area (Å²) in [5, 5.41) is 3.11. The van der Waals surface area contributed by atoms with Crippen LogP contribution in [0.15, 0.2) is 60.7 Å². The highest BCUT2D eigenvalue weighted by Gasteiger charge is 2.21. The van der Waals surface area contributed by atoms with E-state index in [1.54, 1.807) is 0 Å². The zero-order valence-electron chi connectivity index (χ0n) is 12.3. The van der Waals surface area contributed by atoms with Gasteiger partial charge in [0.05, 0.1) is 12.0 Å². The maximum absolute atomic E-state index is 12.5. The molecule has 0 aliphatic carbocycles. The minimum Gasteiger partial charge on any atom is -0.349 e. The van der Waals surface area contributed by atoms with Gasteiger partial charge in [0.25, 0.3) is 0 Å². The Kier molecular flexibility index (Phi) is 5.52. The fourth-order valence-corrected chi connectivity index (χ4v) is 2.46. The van der Waals surface area contributed by atoms with E-state index in [1.807, 2.05) is 60.7 Å². The molecule has 2 aromatic carbocycles. The van der Waals surface area contributed by atoms with Crippen LogP contribution < -0.4 is 11.1 Å². The molecule has 0 aromatic heterocycles. The molecule has 0 bridgehead atoms. The van der Waals surface area contributed by atoms with Crippen molar-refractivity contribution in [3.8, 4) is 0 Å². The molecule has 2 unspecified atom stereocenters. The number of benzene rings is 2. The molecule has 110 valence electrons. The number of carbonyl (C=O) groups is 1. The van der Waals surface area contributed by atoms with Crippen LogP contribution in [-0.4, -0.2) is 12.5 Å². The van der Waals surface area contributed by atoms with Gasteiger partial charge >= 0.3 is 0 Å². The van der Waals surface area contributed by atoms with Gasteiger partial charge in [-0.15, -0.1) is 0 Å². The Bertz CT molecular complexity index is 554. The summed E-state index contributed by atoms with van der Waals surface area (Å²) in [7, 11) is 0. The van der Waals surface area contributed by atoms with Crippen LogP contribution in [0.1, 0.15) is 36.4 Å². The van der Waals surface area contributed by atoms with Crippen molar-refractivity contribution in [1.82, 2.24) is 5.32 Å². The highest BCUT2D eigenvalue weighted by molar-refractivity contribution is 5.84. The van der Waals surface area contributed by atoms with Gasteiger partial charge in [-0.25, -0.2) is 0 Å². The molecule has 0 aliphatic rings. The first-order chi connectivity index (χ1) is 10.3. The first-order valence-corrected chi connectivity index (χ1v) is 7.36. The summed E-state index contributed by atoms with van der Waals surface area (Å²) in [5.74, 6) is -0.316. The number of rotatable bonds is 6. The third-order valence-electron chi connectivity index (χ3n) is 3.68. The van der Waals surface area contributed by atoms with Crippen molar-refractivity contribution >= 4 is 5.91 Å². The van der Waals surface area contributed by atoms with Crippen molar-refractivity contribution in [3.63, 3.8) is 0 Å². The summed E-state index contributed by atoms with van der Waals surface area (Å²) in [5.41, 5.74) is 7.88. The number of hydrogen-bond donors (Lipinski definition) is 2. The van der Waals surface area contributed by atoms with Crippen LogP contribution in [0.2, 0.25) is 0 Å². The van der Waals surface area contributed by atoms with E-state index in [0.29, 0.717) is 6.54 Å². The molecule has 2 atom stereocenters. The van der Waals surface area contributed by atoms with Gasteiger partial charge in [0.15, 0.2) is 0 Å². The molecular formula is C18H22N2O. The van der Waals surface area contributed by atoms with E-state index in [4.69, 9.17) is 5.73 Å². The molecular weight excluding hydrogens is 260 g/mol. The third-order valence-corrected chi connectivity index (χ3v) is 3.68. The SMILES string of the molecule is CCC(NC(=O)C(CN)c1ccccc1)c1ccccc1. The number of hydrogen-bond acceptors (Lipinski definition) is 2. The van der Waals surface area contributed by atoms with Crippen LogP contribution in [-0.2, 0) is 4.79 Å². The summed E-state index contributed by atoms with van der Waals surface area (Å²) in [6.07, 6.45) is 0.849. The zero-order chi connectivity index (χ0) is 15.1. The Balaban J connectivity index is 2.11. The van der Waals surface area contributed by atoms with E-state index in [-0.39, 0.29) is 17.9 Å². The molecule has 0 saturated carbocycles. The molecule has 3 N–H and O–H groups in total. The smallest absolute Gasteiger partial charge is 0.229 e. The van der Waals surface area contributed by atoms with Crippen molar-refractivity contribution in [1.29, 1.82) is 0 Å².